The van der Waals surface area contributed by atoms with Crippen molar-refractivity contribution < 1.29 is 43.7 Å². The highest BCUT2D eigenvalue weighted by molar-refractivity contribution is 6.32. The van der Waals surface area contributed by atoms with E-state index in [4.69, 9.17) is 85.1 Å². The lowest BCUT2D eigenvalue weighted by Gasteiger charge is -2.07. The van der Waals surface area contributed by atoms with Crippen molar-refractivity contribution in [1.29, 1.82) is 0 Å². The maximum Gasteiger partial charge on any atom is 0.293 e. The molecule has 8 heterocycles. The predicted molar refractivity (Wildman–Crippen MR) is 418 cm³/mol. The molecule has 0 radical (unpaired) electrons. The summed E-state index contributed by atoms with van der Waals surface area (Å²) in [4.78, 5) is 96.5. The summed E-state index contributed by atoms with van der Waals surface area (Å²) in [6.45, 7) is 19.6. The van der Waals surface area contributed by atoms with Crippen molar-refractivity contribution in [1.82, 2.24) is 90.4 Å². The van der Waals surface area contributed by atoms with Gasteiger partial charge in [-0.05, 0) is 30.1 Å². The lowest BCUT2D eigenvalue weighted by molar-refractivity contribution is 0.341. The van der Waals surface area contributed by atoms with Crippen molar-refractivity contribution in [3.63, 3.8) is 0 Å². The van der Waals surface area contributed by atoms with Crippen molar-refractivity contribution >= 4 is 34.8 Å². The van der Waals surface area contributed by atoms with Gasteiger partial charge in [-0.1, -0.05) is 210 Å². The Morgan fingerprint density at radius 2 is 0.670 bits per heavy atom. The third kappa shape index (κ3) is 33.0. The first-order valence-corrected chi connectivity index (χ1v) is 33.4. The highest BCUT2D eigenvalue weighted by Gasteiger charge is 2.11. The zero-order valence-corrected chi connectivity index (χ0v) is 64.1. The van der Waals surface area contributed by atoms with Gasteiger partial charge >= 0.3 is 0 Å². The lowest BCUT2D eigenvalue weighted by Crippen LogP contribution is -2.11. The van der Waals surface area contributed by atoms with Crippen LogP contribution in [0.5, 0.6) is 52.0 Å². The summed E-state index contributed by atoms with van der Waals surface area (Å²) < 4.78 is 29.6. The van der Waals surface area contributed by atoms with Crippen LogP contribution >= 0.6 is 34.8 Å². The highest BCUT2D eigenvalue weighted by Crippen LogP contribution is 2.27. The Bertz CT molecular complexity index is 4740. The van der Waals surface area contributed by atoms with Crippen LogP contribution in [0.2, 0.25) is 15.7 Å². The second-order valence-electron chi connectivity index (χ2n) is 19.0. The fraction of sp³-hybridized carbons (Fsp3) is 0.189. The van der Waals surface area contributed by atoms with Gasteiger partial charge in [0.1, 0.15) is 23.3 Å². The molecular weight excluding hydrogens is 1470 g/mol. The normalized spacial score (nSPS) is 9.21. The number of methoxy groups -OCH3 is 6. The number of benzene rings is 5. The second-order valence-corrected chi connectivity index (χ2v) is 20.0. The van der Waals surface area contributed by atoms with Gasteiger partial charge in [-0.3, -0.25) is 19.2 Å². The predicted octanol–water partition coefficient (Wildman–Crippen LogP) is 13.1. The maximum absolute atomic E-state index is 11.4. The summed E-state index contributed by atoms with van der Waals surface area (Å²) in [5.41, 5.74) is 2.39. The van der Waals surface area contributed by atoms with Gasteiger partial charge in [0.25, 0.3) is 34.0 Å². The fourth-order valence-corrected chi connectivity index (χ4v) is 7.84. The molecule has 0 amide bonds. The minimum atomic E-state index is -0.529. The SMILES string of the molecule is CC.CC.CC.COc1cnc(-c2ccccc2)[nH]c1=O.COc1cnc(-c2ccccc2)nc1OC.COc1cnc(Cl)nc1Cl.COc1cnc(Cl)nc1OC.Cc1nn[nH]n1.O=c1[nH]c(-c2ccccc2)ncc1O.O=c1[nH]c(-c2ccccc2)ncc1O.O=c1[nH]c(-c2ccccc2)ncc1O.[C-]#[N+]C. The Morgan fingerprint density at radius 3 is 0.954 bits per heavy atom. The van der Waals surface area contributed by atoms with Gasteiger partial charge in [0.2, 0.25) is 23.4 Å². The summed E-state index contributed by atoms with van der Waals surface area (Å²) in [6, 6.07) is 46.9. The minimum absolute atomic E-state index is 0.116. The van der Waals surface area contributed by atoms with Crippen LogP contribution in [-0.2, 0) is 0 Å². The van der Waals surface area contributed by atoms with Crippen LogP contribution in [0.25, 0.3) is 61.8 Å². The second kappa shape index (κ2) is 53.3. The molecule has 13 rings (SSSR count). The molecule has 0 aliphatic rings. The number of tetrazole rings is 1. The molecule has 8 aromatic heterocycles. The average Bonchev–Trinajstić information content (AvgIpc) is 0.917. The van der Waals surface area contributed by atoms with E-state index in [1.54, 1.807) is 27.3 Å². The zero-order chi connectivity index (χ0) is 80.9. The number of hydrogen-bond acceptors (Lipinski definition) is 26. The molecule has 32 nitrogen and oxygen atoms in total. The molecule has 0 saturated carbocycles. The maximum atomic E-state index is 11.4. The summed E-state index contributed by atoms with van der Waals surface area (Å²) in [7, 11) is 10.5. The summed E-state index contributed by atoms with van der Waals surface area (Å²) in [6.07, 6.45) is 9.31. The van der Waals surface area contributed by atoms with Crippen molar-refractivity contribution in [2.45, 2.75) is 48.5 Å². The van der Waals surface area contributed by atoms with Crippen LogP contribution in [0.1, 0.15) is 47.4 Å². The van der Waals surface area contributed by atoms with Gasteiger partial charge < -0.3 is 68.5 Å². The molecule has 0 aliphatic carbocycles. The first-order valence-electron chi connectivity index (χ1n) is 32.3. The molecule has 0 aliphatic heterocycles. The number of rotatable bonds is 11. The van der Waals surface area contributed by atoms with E-state index in [-0.39, 0.29) is 44.3 Å². The van der Waals surface area contributed by atoms with Crippen molar-refractivity contribution in [2.75, 3.05) is 49.7 Å². The third-order valence-electron chi connectivity index (χ3n) is 12.1. The molecule has 109 heavy (non-hydrogen) atoms. The van der Waals surface area contributed by atoms with Gasteiger partial charge in [-0.25, -0.2) is 46.4 Å². The summed E-state index contributed by atoms with van der Waals surface area (Å²) in [5, 5.41) is 40.2. The molecule has 0 bridgehead atoms. The first-order chi connectivity index (χ1) is 52.8. The van der Waals surface area contributed by atoms with Gasteiger partial charge in [0, 0.05) is 27.8 Å². The van der Waals surface area contributed by atoms with Gasteiger partial charge in [0.15, 0.2) is 51.3 Å². The lowest BCUT2D eigenvalue weighted by atomic mass is 10.2. The Morgan fingerprint density at radius 1 is 0.376 bits per heavy atom. The minimum Gasteiger partial charge on any atom is -0.502 e. The number of aryl methyl sites for hydroxylation is 1. The van der Waals surface area contributed by atoms with Gasteiger partial charge in [-0.2, -0.15) is 15.2 Å². The Kier molecular flexibility index (Phi) is 44.8. The molecule has 0 fully saturated rings. The molecule has 572 valence electrons. The van der Waals surface area contributed by atoms with E-state index < -0.39 is 16.7 Å². The molecule has 13 aromatic rings. The molecule has 8 N–H and O–H groups in total. The van der Waals surface area contributed by atoms with Crippen LogP contribution in [0.4, 0.5) is 0 Å². The van der Waals surface area contributed by atoms with Crippen LogP contribution in [0.15, 0.2) is 214 Å². The molecule has 0 atom stereocenters. The monoisotopic (exact) mass is 1550 g/mol. The van der Waals surface area contributed by atoms with Crippen molar-refractivity contribution in [2.24, 2.45) is 0 Å². The van der Waals surface area contributed by atoms with E-state index in [1.165, 1.54) is 54.1 Å². The largest absolute Gasteiger partial charge is 0.502 e. The number of aromatic nitrogens is 18. The van der Waals surface area contributed by atoms with Crippen LogP contribution in [0, 0.1) is 13.5 Å². The molecule has 5 aromatic carbocycles. The molecule has 0 saturated heterocycles. The summed E-state index contributed by atoms with van der Waals surface area (Å²) >= 11 is 16.5. The Balaban J connectivity index is 0.000000420. The van der Waals surface area contributed by atoms with E-state index >= 15 is 0 Å². The quantitative estimate of drug-likeness (QED) is 0.0339. The summed E-state index contributed by atoms with van der Waals surface area (Å²) in [5.74, 6) is 4.51. The number of halogens is 3. The number of ether oxygens (including phenoxy) is 6. The number of aromatic amines is 5. The topological polar surface area (TPSA) is 435 Å². The van der Waals surface area contributed by atoms with Crippen LogP contribution in [0.3, 0.4) is 0 Å². The van der Waals surface area contributed by atoms with Crippen molar-refractivity contribution in [3.05, 3.63) is 269 Å². The number of nitrogens with one attached hydrogen (secondary N) is 5. The Labute approximate surface area is 642 Å². The highest BCUT2D eigenvalue weighted by atomic mass is 35.5. The smallest absolute Gasteiger partial charge is 0.293 e. The van der Waals surface area contributed by atoms with Crippen LogP contribution < -0.4 is 50.7 Å². The third-order valence-corrected chi connectivity index (χ3v) is 12.8. The average molecular weight is 1550 g/mol. The standard InChI is InChI=1S/C12H12N2O2.C11H10N2O2.3C10H8N2O2.C6H7ClN2O2.C5H4Cl2N2O.C2H4N4.C2H3N.3C2H6/c1-15-10-8-13-11(14-12(10)16-2)9-6-4-3-5-7-9;1-15-9-7-12-10(13-11(9)14)8-5-3-2-4-6-8;3*13-8-6-11-9(12-10(8)14)7-4-2-1-3-5-7;1-10-4-3-8-6(7)9-5(4)11-2;1-10-3-2-8-5(7)9-4(3)6;1-2-3-5-6-4-2;1-3-2;3*1-2/h3-8H,1-2H3;2-7H,1H3,(H,12,13,14);3*1-6,13H,(H,11,12,14);3H,1-2H3;2H,1H3;1H3,(H,3,4,5,6);1H3;3*1-2H3. The number of hydrogen-bond donors (Lipinski definition) is 8. The van der Waals surface area contributed by atoms with E-state index in [9.17, 15) is 19.2 Å². The van der Waals surface area contributed by atoms with Crippen LogP contribution in [-0.4, -0.2) is 155 Å². The number of nitrogens with zero attached hydrogens (tertiary/aromatic N) is 14. The van der Waals surface area contributed by atoms with Crippen molar-refractivity contribution in [3.8, 4) is 109 Å². The Hall–Kier alpha value is -13.5. The van der Waals surface area contributed by atoms with E-state index in [2.05, 4.69) is 95.2 Å². The van der Waals surface area contributed by atoms with Gasteiger partial charge in [-0.15, -0.1) is 10.2 Å². The first kappa shape index (κ1) is 91.6. The molecule has 0 spiro atoms. The van der Waals surface area contributed by atoms with E-state index in [0.29, 0.717) is 64.0 Å². The van der Waals surface area contributed by atoms with Gasteiger partial charge in [0.05, 0.1) is 86.0 Å². The number of H-pyrrole nitrogens is 5. The van der Waals surface area contributed by atoms with E-state index in [1.807, 2.05) is 193 Å². The molecule has 0 unspecified atom stereocenters. The number of aromatic hydroxyl groups is 3. The fourth-order valence-electron chi connectivity index (χ4n) is 7.33. The zero-order valence-electron chi connectivity index (χ0n) is 61.8. The molecular formula is C74H82Cl3N19O13. The molecule has 35 heteroatoms. The van der Waals surface area contributed by atoms with E-state index in [0.717, 1.165) is 46.4 Å².